The molecule has 4 aromatic rings. The van der Waals surface area contributed by atoms with Crippen molar-refractivity contribution in [3.8, 4) is 22.5 Å². The lowest BCUT2D eigenvalue weighted by molar-refractivity contribution is -0.493. The smallest absolute Gasteiger partial charge is 0.444 e. The number of halogens is 1. The predicted octanol–water partition coefficient (Wildman–Crippen LogP) is 4.07. The lowest BCUT2D eigenvalue weighted by Crippen LogP contribution is -2.21. The van der Waals surface area contributed by atoms with Gasteiger partial charge in [0.25, 0.3) is 0 Å². The molecule has 0 aliphatic heterocycles. The van der Waals surface area contributed by atoms with Crippen molar-refractivity contribution in [1.82, 2.24) is 35.1 Å². The second-order valence-corrected chi connectivity index (χ2v) is 9.33. The standard InChI is InChI=1S/C27H30ClN7O7/c1-2-3-8-24-29-25(28)23(18-36)33(24)17-19-9-11-20(12-10-19)21-6-4-5-7-22(21)26-30-32-34(31-26)27(37)41-15-13-40-14-16-42-35(38)39/h4-7,9-12,18,38-39H,2-3,8,13-17H2,1H3. The summed E-state index contributed by atoms with van der Waals surface area (Å²) in [4.78, 5) is 33.5. The van der Waals surface area contributed by atoms with Gasteiger partial charge < -0.3 is 14.0 Å². The Hall–Kier alpha value is -4.05. The number of aldehydes is 1. The van der Waals surface area contributed by atoms with Gasteiger partial charge in [0, 0.05) is 18.5 Å². The van der Waals surface area contributed by atoms with E-state index in [1.54, 1.807) is 0 Å². The molecule has 2 N–H and O–H groups in total. The van der Waals surface area contributed by atoms with Gasteiger partial charge in [-0.1, -0.05) is 78.3 Å². The largest absolute Gasteiger partial charge is 0.453 e. The van der Waals surface area contributed by atoms with E-state index in [2.05, 4.69) is 32.2 Å². The molecule has 0 radical (unpaired) electrons. The van der Waals surface area contributed by atoms with Crippen LogP contribution in [0.15, 0.2) is 48.5 Å². The molecule has 0 saturated carbocycles. The number of tetrazole rings is 1. The average Bonchev–Trinajstić information content (AvgIpc) is 3.60. The van der Waals surface area contributed by atoms with Gasteiger partial charge in [0.05, 0.1) is 25.2 Å². The minimum absolute atomic E-state index is 0.0519. The van der Waals surface area contributed by atoms with E-state index in [1.165, 1.54) is 0 Å². The monoisotopic (exact) mass is 599 g/mol. The fourth-order valence-electron chi connectivity index (χ4n) is 4.12. The van der Waals surface area contributed by atoms with E-state index < -0.39 is 11.5 Å². The average molecular weight is 600 g/mol. The molecule has 14 nitrogen and oxygen atoms in total. The molecule has 0 spiro atoms. The van der Waals surface area contributed by atoms with Crippen molar-refractivity contribution in [2.45, 2.75) is 32.7 Å². The first-order chi connectivity index (χ1) is 20.4. The number of imidazole rings is 1. The number of hydrogen-bond donors (Lipinski definition) is 2. The number of aromatic nitrogens is 6. The molecule has 4 rings (SSSR count). The Bertz CT molecular complexity index is 1470. The van der Waals surface area contributed by atoms with Gasteiger partial charge in [-0.15, -0.1) is 10.2 Å². The summed E-state index contributed by atoms with van der Waals surface area (Å²) in [6, 6.07) is 15.3. The molecule has 2 aromatic heterocycles. The molecule has 15 heteroatoms. The zero-order valence-corrected chi connectivity index (χ0v) is 23.6. The summed E-state index contributed by atoms with van der Waals surface area (Å²) < 4.78 is 12.1. The highest BCUT2D eigenvalue weighted by Crippen LogP contribution is 2.30. The summed E-state index contributed by atoms with van der Waals surface area (Å²) in [6.45, 7) is 2.47. The molecule has 0 bridgehead atoms. The van der Waals surface area contributed by atoms with E-state index in [0.717, 1.165) is 52.9 Å². The lowest BCUT2D eigenvalue weighted by atomic mass is 9.98. The van der Waals surface area contributed by atoms with Gasteiger partial charge in [-0.2, -0.15) is 0 Å². The molecule has 0 unspecified atom stereocenters. The van der Waals surface area contributed by atoms with E-state index in [0.29, 0.717) is 17.8 Å². The Morgan fingerprint density at radius 2 is 1.79 bits per heavy atom. The summed E-state index contributed by atoms with van der Waals surface area (Å²) in [5.41, 5.74) is 3.73. The molecule has 0 aliphatic rings. The maximum absolute atomic E-state index is 12.3. The minimum atomic E-state index is -0.833. The van der Waals surface area contributed by atoms with Gasteiger partial charge in [0.1, 0.15) is 18.1 Å². The number of hydrogen-bond acceptors (Lipinski definition) is 12. The second-order valence-electron chi connectivity index (χ2n) is 8.97. The van der Waals surface area contributed by atoms with Crippen molar-refractivity contribution in [3.63, 3.8) is 0 Å². The molecular weight excluding hydrogens is 570 g/mol. The number of carbonyl (C=O) groups excluding carboxylic acids is 2. The normalized spacial score (nSPS) is 11.3. The number of ether oxygens (including phenoxy) is 2. The Morgan fingerprint density at radius 3 is 2.50 bits per heavy atom. The summed E-state index contributed by atoms with van der Waals surface area (Å²) in [6.07, 6.45) is 2.58. The number of benzene rings is 2. The quantitative estimate of drug-likeness (QED) is 0.114. The maximum Gasteiger partial charge on any atom is 0.453 e. The van der Waals surface area contributed by atoms with E-state index in [1.807, 2.05) is 53.1 Å². The first kappa shape index (κ1) is 30.9. The van der Waals surface area contributed by atoms with Gasteiger partial charge in [-0.05, 0) is 28.3 Å². The van der Waals surface area contributed by atoms with E-state index in [9.17, 15) is 9.59 Å². The number of unbranched alkanes of at least 4 members (excludes halogenated alkanes) is 1. The Labute approximate surface area is 245 Å². The van der Waals surface area contributed by atoms with Crippen LogP contribution < -0.4 is 0 Å². The third kappa shape index (κ3) is 8.03. The van der Waals surface area contributed by atoms with Crippen LogP contribution in [0.2, 0.25) is 5.15 Å². The topological polar surface area (TPSA) is 167 Å². The van der Waals surface area contributed by atoms with Crippen LogP contribution in [0.1, 0.15) is 41.6 Å². The SMILES string of the molecule is CCCCc1nc(Cl)c(C=O)n1Cc1ccc(-c2ccccc2-c2nnn(C(=O)OCCOCCON(O)O)n2)cc1. The van der Waals surface area contributed by atoms with Gasteiger partial charge in [-0.3, -0.25) is 15.2 Å². The van der Waals surface area contributed by atoms with Crippen LogP contribution in [0, 0.1) is 0 Å². The Morgan fingerprint density at radius 1 is 1.05 bits per heavy atom. The number of rotatable bonds is 15. The fourth-order valence-corrected chi connectivity index (χ4v) is 4.37. The Balaban J connectivity index is 1.42. The Kier molecular flexibility index (Phi) is 11.2. The summed E-state index contributed by atoms with van der Waals surface area (Å²) in [5.74, 6) is 1.02. The van der Waals surface area contributed by atoms with E-state index in [-0.39, 0.29) is 37.4 Å². The molecule has 42 heavy (non-hydrogen) atoms. The van der Waals surface area contributed by atoms with Crippen LogP contribution >= 0.6 is 11.6 Å². The molecule has 0 amide bonds. The van der Waals surface area contributed by atoms with Crippen molar-refractivity contribution in [2.75, 3.05) is 26.4 Å². The molecule has 2 heterocycles. The highest BCUT2D eigenvalue weighted by molar-refractivity contribution is 6.31. The zero-order valence-electron chi connectivity index (χ0n) is 22.8. The van der Waals surface area contributed by atoms with Crippen LogP contribution in [0.5, 0.6) is 0 Å². The van der Waals surface area contributed by atoms with Crippen molar-refractivity contribution < 1.29 is 34.3 Å². The van der Waals surface area contributed by atoms with Crippen molar-refractivity contribution in [2.24, 2.45) is 0 Å². The van der Waals surface area contributed by atoms with Crippen LogP contribution in [-0.4, -0.2) is 84.4 Å². The van der Waals surface area contributed by atoms with Crippen LogP contribution in [0.3, 0.4) is 0 Å². The first-order valence-corrected chi connectivity index (χ1v) is 13.5. The molecule has 0 fully saturated rings. The van der Waals surface area contributed by atoms with E-state index in [4.69, 9.17) is 31.5 Å². The van der Waals surface area contributed by atoms with Crippen molar-refractivity contribution >= 4 is 24.0 Å². The third-order valence-electron chi connectivity index (χ3n) is 6.14. The first-order valence-electron chi connectivity index (χ1n) is 13.2. The zero-order chi connectivity index (χ0) is 29.9. The third-order valence-corrected chi connectivity index (χ3v) is 6.42. The van der Waals surface area contributed by atoms with Gasteiger partial charge in [0.15, 0.2) is 11.4 Å². The van der Waals surface area contributed by atoms with E-state index >= 15 is 0 Å². The summed E-state index contributed by atoms with van der Waals surface area (Å²) in [7, 11) is 0. The van der Waals surface area contributed by atoms with Crippen LogP contribution in [-0.2, 0) is 27.3 Å². The van der Waals surface area contributed by atoms with Gasteiger partial charge >= 0.3 is 6.09 Å². The minimum Gasteiger partial charge on any atom is -0.444 e. The predicted molar refractivity (Wildman–Crippen MR) is 148 cm³/mol. The van der Waals surface area contributed by atoms with Crippen LogP contribution in [0.4, 0.5) is 4.79 Å². The number of nitrogens with zero attached hydrogens (tertiary/aromatic N) is 7. The molecule has 222 valence electrons. The summed E-state index contributed by atoms with van der Waals surface area (Å²) >= 11 is 6.22. The molecule has 0 saturated heterocycles. The number of aryl methyl sites for hydroxylation is 1. The van der Waals surface area contributed by atoms with Gasteiger partial charge in [0.2, 0.25) is 5.82 Å². The van der Waals surface area contributed by atoms with Crippen LogP contribution in [0.25, 0.3) is 22.5 Å². The molecular formula is C27H30ClN7O7. The van der Waals surface area contributed by atoms with Crippen molar-refractivity contribution in [3.05, 3.63) is 70.8 Å². The van der Waals surface area contributed by atoms with Gasteiger partial charge in [-0.25, -0.2) is 14.6 Å². The molecule has 0 atom stereocenters. The second kappa shape index (κ2) is 15.3. The maximum atomic E-state index is 12.3. The highest BCUT2D eigenvalue weighted by Gasteiger charge is 2.18. The lowest BCUT2D eigenvalue weighted by Gasteiger charge is -2.11. The number of carbonyl (C=O) groups is 2. The highest BCUT2D eigenvalue weighted by atomic mass is 35.5. The molecule has 0 aliphatic carbocycles. The fraction of sp³-hybridized carbons (Fsp3) is 0.333. The summed E-state index contributed by atoms with van der Waals surface area (Å²) in [5, 5.41) is 28.7. The van der Waals surface area contributed by atoms with Crippen molar-refractivity contribution in [1.29, 1.82) is 0 Å². The molecule has 2 aromatic carbocycles.